The van der Waals surface area contributed by atoms with Gasteiger partial charge in [-0.25, -0.2) is 0 Å². The minimum Gasteiger partial charge on any atom is -0.394 e. The van der Waals surface area contributed by atoms with Crippen LogP contribution in [-0.2, 0) is 42.6 Å². The molecule has 5 heterocycles. The van der Waals surface area contributed by atoms with Gasteiger partial charge in [0.05, 0.1) is 33.0 Å². The van der Waals surface area contributed by atoms with Gasteiger partial charge in [0.2, 0.25) is 0 Å². The largest absolute Gasteiger partial charge is 0.394 e. The molecule has 0 saturated carbocycles. The van der Waals surface area contributed by atoms with E-state index in [-0.39, 0.29) is 0 Å². The molecule has 23 atom stereocenters. The Morgan fingerprint density at radius 3 is 1.50 bits per heavy atom. The number of hydrogen-bond donors (Lipinski definition) is 15. The number of ether oxygens (including phenoxy) is 9. The third-order valence-corrected chi connectivity index (χ3v) is 9.53. The van der Waals surface area contributed by atoms with Crippen molar-refractivity contribution in [1.29, 1.82) is 0 Å². The van der Waals surface area contributed by atoms with E-state index in [2.05, 4.69) is 0 Å². The van der Waals surface area contributed by atoms with Gasteiger partial charge in [0.1, 0.15) is 110 Å². The van der Waals surface area contributed by atoms with Gasteiger partial charge in [0.25, 0.3) is 0 Å². The van der Waals surface area contributed by atoms with Crippen LogP contribution in [0.4, 0.5) is 0 Å². The van der Waals surface area contributed by atoms with Gasteiger partial charge in [-0.05, 0) is 0 Å². The summed E-state index contributed by atoms with van der Waals surface area (Å²) in [5.74, 6) is 0. The number of aliphatic hydroxyl groups excluding tert-OH is 15. The van der Waals surface area contributed by atoms with Gasteiger partial charge in [-0.3, -0.25) is 0 Å². The molecule has 52 heavy (non-hydrogen) atoms. The van der Waals surface area contributed by atoms with Crippen molar-refractivity contribution >= 4 is 0 Å². The smallest absolute Gasteiger partial charge is 0.187 e. The van der Waals surface area contributed by atoms with Crippen LogP contribution < -0.4 is 0 Å². The van der Waals surface area contributed by atoms with Gasteiger partial charge in [0.15, 0.2) is 31.5 Å². The van der Waals surface area contributed by atoms with E-state index < -0.39 is 174 Å². The first-order chi connectivity index (χ1) is 24.6. The van der Waals surface area contributed by atoms with Crippen LogP contribution in [0.1, 0.15) is 0 Å². The van der Waals surface area contributed by atoms with E-state index in [1.165, 1.54) is 0 Å². The Morgan fingerprint density at radius 2 is 0.865 bits per heavy atom. The molecular formula is C28H48O24. The molecule has 0 aromatic heterocycles. The predicted octanol–water partition coefficient (Wildman–Crippen LogP) is -10.6. The lowest BCUT2D eigenvalue weighted by Crippen LogP contribution is -2.68. The SMILES string of the molecule is OC[C@H]1O[C@@H](O[C@H]2[C@H](O)[C@@H](CO)O[C@@H](O[C@@H]3[C@H](O)[C@@H](O)C(O)O[C@@H]3CO)[C@@H]2O[C@@H]2OC[C@@H](O)[C@H](O[C@@H]3OC[C@@H](O)[C@H](O)[C@H]3O)[C@H]2O)[C@H](O)[C@@H](O)[C@@H]1O. The average Bonchev–Trinajstić information content (AvgIpc) is 3.13. The lowest BCUT2D eigenvalue weighted by Gasteiger charge is -2.50. The monoisotopic (exact) mass is 768 g/mol. The fourth-order valence-electron chi connectivity index (χ4n) is 6.44. The van der Waals surface area contributed by atoms with E-state index in [1.54, 1.807) is 0 Å². The molecule has 1 unspecified atom stereocenters. The Balaban J connectivity index is 1.45. The summed E-state index contributed by atoms with van der Waals surface area (Å²) in [5.41, 5.74) is 0. The highest BCUT2D eigenvalue weighted by molar-refractivity contribution is 4.98. The molecule has 0 aromatic rings. The van der Waals surface area contributed by atoms with Crippen LogP contribution in [0.3, 0.4) is 0 Å². The molecule has 0 spiro atoms. The molecule has 5 fully saturated rings. The van der Waals surface area contributed by atoms with E-state index in [4.69, 9.17) is 42.6 Å². The Bertz CT molecular complexity index is 1110. The Hall–Kier alpha value is -0.960. The van der Waals surface area contributed by atoms with E-state index in [1.807, 2.05) is 0 Å². The van der Waals surface area contributed by atoms with Gasteiger partial charge >= 0.3 is 0 Å². The standard InChI is InChI=1S/C28H48O24/c29-1-8-12(35)14(37)18(41)27(47-8)51-22-13(36)9(2-30)48-28(50-21-10(3-31)46-24(43)16(39)15(21)38)23(22)52-26-19(42)20(7(33)5-45-26)49-25-17(40)11(34)6(32)4-44-25/h6-43H,1-5H2/t6-,7-,8-,9-,10-,11+,12-,13-,14+,15-,16-,17-,18-,19-,20+,21+,22+,23-,24?,25+,26+,27+,28+/m1/s1. The summed E-state index contributed by atoms with van der Waals surface area (Å²) in [6.07, 6.45) is -41.9. The molecule has 0 bridgehead atoms. The lowest BCUT2D eigenvalue weighted by molar-refractivity contribution is -0.404. The van der Waals surface area contributed by atoms with Gasteiger partial charge in [-0.15, -0.1) is 0 Å². The van der Waals surface area contributed by atoms with Crippen LogP contribution >= 0.6 is 0 Å². The molecule has 304 valence electrons. The number of aliphatic hydroxyl groups is 15. The van der Waals surface area contributed by atoms with Gasteiger partial charge < -0.3 is 119 Å². The maximum atomic E-state index is 11.3. The molecular weight excluding hydrogens is 720 g/mol. The van der Waals surface area contributed by atoms with Gasteiger partial charge in [-0.2, -0.15) is 0 Å². The summed E-state index contributed by atoms with van der Waals surface area (Å²) in [6, 6.07) is 0. The Labute approximate surface area is 293 Å². The van der Waals surface area contributed by atoms with Crippen molar-refractivity contribution in [1.82, 2.24) is 0 Å². The predicted molar refractivity (Wildman–Crippen MR) is 155 cm³/mol. The molecule has 0 aromatic carbocycles. The van der Waals surface area contributed by atoms with E-state index in [0.29, 0.717) is 0 Å². The summed E-state index contributed by atoms with van der Waals surface area (Å²) >= 11 is 0. The highest BCUT2D eigenvalue weighted by atomic mass is 16.8. The maximum absolute atomic E-state index is 11.3. The second-order valence-electron chi connectivity index (χ2n) is 13.1. The van der Waals surface area contributed by atoms with Crippen LogP contribution in [0.25, 0.3) is 0 Å². The first-order valence-corrected chi connectivity index (χ1v) is 16.4. The highest BCUT2D eigenvalue weighted by Gasteiger charge is 2.56. The van der Waals surface area contributed by atoms with Crippen LogP contribution in [-0.4, -0.2) is 251 Å². The molecule has 0 amide bonds. The van der Waals surface area contributed by atoms with Crippen LogP contribution in [0.15, 0.2) is 0 Å². The fourth-order valence-corrected chi connectivity index (χ4v) is 6.44. The van der Waals surface area contributed by atoms with Gasteiger partial charge in [0, 0.05) is 0 Å². The highest BCUT2D eigenvalue weighted by Crippen LogP contribution is 2.36. The van der Waals surface area contributed by atoms with E-state index in [0.717, 1.165) is 0 Å². The van der Waals surface area contributed by atoms with Crippen LogP contribution in [0, 0.1) is 0 Å². The second kappa shape index (κ2) is 17.9. The molecule has 0 aliphatic carbocycles. The molecule has 24 heteroatoms. The fraction of sp³-hybridized carbons (Fsp3) is 1.00. The molecule has 0 radical (unpaired) electrons. The normalized spacial score (nSPS) is 53.5. The van der Waals surface area contributed by atoms with E-state index in [9.17, 15) is 76.6 Å². The first kappa shape index (κ1) is 42.2. The van der Waals surface area contributed by atoms with Crippen molar-refractivity contribution in [2.24, 2.45) is 0 Å². The molecule has 15 N–H and O–H groups in total. The Kier molecular flexibility index (Phi) is 14.5. The summed E-state index contributed by atoms with van der Waals surface area (Å²) in [6.45, 7) is -3.85. The lowest BCUT2D eigenvalue weighted by atomic mass is 9.95. The second-order valence-corrected chi connectivity index (χ2v) is 13.1. The summed E-state index contributed by atoms with van der Waals surface area (Å²) in [4.78, 5) is 0. The third kappa shape index (κ3) is 8.55. The maximum Gasteiger partial charge on any atom is 0.187 e. The van der Waals surface area contributed by atoms with Crippen molar-refractivity contribution in [3.63, 3.8) is 0 Å². The van der Waals surface area contributed by atoms with E-state index >= 15 is 0 Å². The number of rotatable bonds is 11. The topological polar surface area (TPSA) is 387 Å². The first-order valence-electron chi connectivity index (χ1n) is 16.4. The average molecular weight is 769 g/mol. The molecule has 5 aliphatic rings. The van der Waals surface area contributed by atoms with Gasteiger partial charge in [-0.1, -0.05) is 0 Å². The number of hydrogen-bond acceptors (Lipinski definition) is 24. The molecule has 5 rings (SSSR count). The molecule has 24 nitrogen and oxygen atoms in total. The van der Waals surface area contributed by atoms with Crippen LogP contribution in [0.5, 0.6) is 0 Å². The quantitative estimate of drug-likeness (QED) is 0.0927. The minimum absolute atomic E-state index is 0.491. The van der Waals surface area contributed by atoms with Crippen LogP contribution in [0.2, 0.25) is 0 Å². The molecule has 5 saturated heterocycles. The van der Waals surface area contributed by atoms with Crippen molar-refractivity contribution in [3.05, 3.63) is 0 Å². The zero-order chi connectivity index (χ0) is 38.2. The van der Waals surface area contributed by atoms with Crippen molar-refractivity contribution in [3.8, 4) is 0 Å². The zero-order valence-electron chi connectivity index (χ0n) is 27.2. The van der Waals surface area contributed by atoms with Crippen molar-refractivity contribution < 1.29 is 119 Å². The van der Waals surface area contributed by atoms with Crippen molar-refractivity contribution in [2.45, 2.75) is 141 Å². The third-order valence-electron chi connectivity index (χ3n) is 9.53. The summed E-state index contributed by atoms with van der Waals surface area (Å²) < 4.78 is 50.1. The molecule has 5 aliphatic heterocycles. The summed E-state index contributed by atoms with van der Waals surface area (Å²) in [5, 5.41) is 155. The Morgan fingerprint density at radius 1 is 0.365 bits per heavy atom. The minimum atomic E-state index is -2.04. The van der Waals surface area contributed by atoms with Crippen molar-refractivity contribution in [2.75, 3.05) is 33.0 Å². The summed E-state index contributed by atoms with van der Waals surface area (Å²) in [7, 11) is 0. The zero-order valence-corrected chi connectivity index (χ0v) is 27.2.